The second-order valence-corrected chi connectivity index (χ2v) is 3.28. The van der Waals surface area contributed by atoms with Gasteiger partial charge in [-0.2, -0.15) is 0 Å². The summed E-state index contributed by atoms with van der Waals surface area (Å²) < 4.78 is 5.14. The van der Waals surface area contributed by atoms with Crippen LogP contribution in [0.1, 0.15) is 16.7 Å². The van der Waals surface area contributed by atoms with E-state index in [9.17, 15) is 10.1 Å². The fourth-order valence-electron chi connectivity index (χ4n) is 1.26. The van der Waals surface area contributed by atoms with E-state index in [1.165, 1.54) is 6.08 Å². The summed E-state index contributed by atoms with van der Waals surface area (Å²) in [4.78, 5) is 9.71. The molecule has 0 radical (unpaired) electrons. The largest absolute Gasteiger partial charge is 0.496 e. The van der Waals surface area contributed by atoms with Crippen LogP contribution >= 0.6 is 0 Å². The Kier molecular flexibility index (Phi) is 3.44. The Morgan fingerprint density at radius 3 is 2.47 bits per heavy atom. The lowest BCUT2D eigenvalue weighted by molar-refractivity contribution is -0.400. The summed E-state index contributed by atoms with van der Waals surface area (Å²) in [5, 5.41) is 10.2. The van der Waals surface area contributed by atoms with E-state index in [4.69, 9.17) is 4.74 Å². The molecule has 15 heavy (non-hydrogen) atoms. The van der Waals surface area contributed by atoms with Crippen molar-refractivity contribution >= 4 is 6.08 Å². The van der Waals surface area contributed by atoms with Gasteiger partial charge in [0, 0.05) is 11.6 Å². The summed E-state index contributed by atoms with van der Waals surface area (Å²) in [7, 11) is 1.55. The minimum atomic E-state index is -0.491. The summed E-state index contributed by atoms with van der Waals surface area (Å²) in [6, 6.07) is 3.74. The van der Waals surface area contributed by atoms with E-state index in [-0.39, 0.29) is 0 Å². The van der Waals surface area contributed by atoms with Gasteiger partial charge in [0.25, 0.3) is 0 Å². The highest BCUT2D eigenvalue weighted by Crippen LogP contribution is 2.24. The topological polar surface area (TPSA) is 52.4 Å². The number of rotatable bonds is 3. The fourth-order valence-corrected chi connectivity index (χ4v) is 1.26. The molecule has 0 spiro atoms. The van der Waals surface area contributed by atoms with Crippen molar-refractivity contribution in [1.29, 1.82) is 0 Å². The quantitative estimate of drug-likeness (QED) is 0.565. The lowest BCUT2D eigenvalue weighted by Gasteiger charge is -2.07. The first-order valence-electron chi connectivity index (χ1n) is 4.51. The molecule has 0 aromatic heterocycles. The molecular formula is C11H13NO3. The van der Waals surface area contributed by atoms with Crippen LogP contribution < -0.4 is 4.74 Å². The number of hydrogen-bond donors (Lipinski definition) is 0. The minimum Gasteiger partial charge on any atom is -0.496 e. The molecule has 4 nitrogen and oxygen atoms in total. The monoisotopic (exact) mass is 207 g/mol. The van der Waals surface area contributed by atoms with Crippen LogP contribution in [0.3, 0.4) is 0 Å². The lowest BCUT2D eigenvalue weighted by atomic mass is 10.1. The first-order valence-corrected chi connectivity index (χ1v) is 4.51. The highest BCUT2D eigenvalue weighted by Gasteiger charge is 2.04. The number of aryl methyl sites for hydroxylation is 2. The lowest BCUT2D eigenvalue weighted by Crippen LogP contribution is -1.91. The van der Waals surface area contributed by atoms with Crippen molar-refractivity contribution in [3.8, 4) is 5.75 Å². The number of ether oxygens (including phenoxy) is 1. The van der Waals surface area contributed by atoms with Gasteiger partial charge in [-0.15, -0.1) is 0 Å². The van der Waals surface area contributed by atoms with E-state index < -0.39 is 4.92 Å². The number of hydrogen-bond acceptors (Lipinski definition) is 3. The van der Waals surface area contributed by atoms with Gasteiger partial charge in [-0.25, -0.2) is 0 Å². The molecule has 1 rings (SSSR count). The minimum absolute atomic E-state index is 0.491. The Balaban J connectivity index is 3.16. The predicted octanol–water partition coefficient (Wildman–Crippen LogP) is 2.56. The Labute approximate surface area is 88.3 Å². The summed E-state index contributed by atoms with van der Waals surface area (Å²) in [5.74, 6) is 0.649. The molecule has 1 aromatic carbocycles. The standard InChI is InChI=1S/C11H13NO3/c1-8-6-10(4-5-12(13)14)11(15-3)7-9(8)2/h4-7H,1-3H3/b5-4+. The zero-order valence-corrected chi connectivity index (χ0v) is 8.98. The highest BCUT2D eigenvalue weighted by molar-refractivity contribution is 5.59. The molecule has 0 heterocycles. The number of nitrogens with zero attached hydrogens (tertiary/aromatic N) is 1. The summed E-state index contributed by atoms with van der Waals surface area (Å²) in [6.07, 6.45) is 2.35. The van der Waals surface area contributed by atoms with Gasteiger partial charge < -0.3 is 4.74 Å². The van der Waals surface area contributed by atoms with E-state index >= 15 is 0 Å². The van der Waals surface area contributed by atoms with Crippen molar-refractivity contribution < 1.29 is 9.66 Å². The number of nitro groups is 1. The van der Waals surface area contributed by atoms with Gasteiger partial charge >= 0.3 is 0 Å². The average molecular weight is 207 g/mol. The first-order chi connectivity index (χ1) is 7.04. The van der Waals surface area contributed by atoms with Crippen LogP contribution in [0.15, 0.2) is 18.3 Å². The Morgan fingerprint density at radius 1 is 1.33 bits per heavy atom. The fraction of sp³-hybridized carbons (Fsp3) is 0.273. The van der Waals surface area contributed by atoms with Gasteiger partial charge in [-0.1, -0.05) is 0 Å². The van der Waals surface area contributed by atoms with Gasteiger partial charge in [-0.05, 0) is 37.1 Å². The van der Waals surface area contributed by atoms with Crippen molar-refractivity contribution in [3.63, 3.8) is 0 Å². The molecule has 0 aliphatic rings. The third-order valence-corrected chi connectivity index (χ3v) is 2.22. The third kappa shape index (κ3) is 2.80. The molecule has 0 amide bonds. The molecule has 0 aliphatic carbocycles. The normalized spacial score (nSPS) is 10.6. The molecule has 0 aliphatic heterocycles. The maximum atomic E-state index is 10.2. The van der Waals surface area contributed by atoms with Gasteiger partial charge in [0.1, 0.15) is 5.75 Å². The molecule has 0 bridgehead atoms. The average Bonchev–Trinajstić information content (AvgIpc) is 2.19. The number of benzene rings is 1. The Morgan fingerprint density at radius 2 is 1.93 bits per heavy atom. The molecular weight excluding hydrogens is 194 g/mol. The van der Waals surface area contributed by atoms with Crippen molar-refractivity contribution in [1.82, 2.24) is 0 Å². The predicted molar refractivity (Wildman–Crippen MR) is 58.5 cm³/mol. The summed E-state index contributed by atoms with van der Waals surface area (Å²) in [6.45, 7) is 3.93. The summed E-state index contributed by atoms with van der Waals surface area (Å²) >= 11 is 0. The molecule has 0 saturated carbocycles. The smallest absolute Gasteiger partial charge is 0.235 e. The first kappa shape index (κ1) is 11.2. The Hall–Kier alpha value is -1.84. The van der Waals surface area contributed by atoms with E-state index in [0.29, 0.717) is 5.75 Å². The van der Waals surface area contributed by atoms with Crippen molar-refractivity contribution in [3.05, 3.63) is 45.1 Å². The number of methoxy groups -OCH3 is 1. The molecule has 0 unspecified atom stereocenters. The maximum Gasteiger partial charge on any atom is 0.235 e. The molecule has 0 N–H and O–H groups in total. The van der Waals surface area contributed by atoms with Crippen LogP contribution in [0, 0.1) is 24.0 Å². The maximum absolute atomic E-state index is 10.2. The van der Waals surface area contributed by atoms with Crippen molar-refractivity contribution in [2.24, 2.45) is 0 Å². The van der Waals surface area contributed by atoms with Crippen LogP contribution in [-0.2, 0) is 0 Å². The van der Waals surface area contributed by atoms with E-state index in [1.54, 1.807) is 7.11 Å². The molecule has 0 fully saturated rings. The zero-order chi connectivity index (χ0) is 11.4. The van der Waals surface area contributed by atoms with E-state index in [0.717, 1.165) is 22.9 Å². The van der Waals surface area contributed by atoms with Crippen LogP contribution in [0.5, 0.6) is 5.75 Å². The van der Waals surface area contributed by atoms with Gasteiger partial charge in [-0.3, -0.25) is 10.1 Å². The van der Waals surface area contributed by atoms with Gasteiger partial charge in [0.05, 0.1) is 12.0 Å². The SMILES string of the molecule is COc1cc(C)c(C)cc1/C=C/[N+](=O)[O-]. The molecule has 80 valence electrons. The van der Waals surface area contributed by atoms with Crippen molar-refractivity contribution in [2.75, 3.05) is 7.11 Å². The van der Waals surface area contributed by atoms with E-state index in [1.807, 2.05) is 26.0 Å². The molecule has 0 atom stereocenters. The van der Waals surface area contributed by atoms with E-state index in [2.05, 4.69) is 0 Å². The van der Waals surface area contributed by atoms with Crippen LogP contribution in [0.2, 0.25) is 0 Å². The van der Waals surface area contributed by atoms with Gasteiger partial charge in [0.15, 0.2) is 0 Å². The summed E-state index contributed by atoms with van der Waals surface area (Å²) in [5.41, 5.74) is 2.90. The molecule has 1 aromatic rings. The van der Waals surface area contributed by atoms with Crippen LogP contribution in [0.25, 0.3) is 6.08 Å². The van der Waals surface area contributed by atoms with Gasteiger partial charge in [0.2, 0.25) is 6.20 Å². The van der Waals surface area contributed by atoms with Crippen LogP contribution in [-0.4, -0.2) is 12.0 Å². The zero-order valence-electron chi connectivity index (χ0n) is 8.98. The third-order valence-electron chi connectivity index (χ3n) is 2.22. The second kappa shape index (κ2) is 4.59. The molecule has 4 heteroatoms. The Bertz CT molecular complexity index is 411. The molecule has 0 saturated heterocycles. The second-order valence-electron chi connectivity index (χ2n) is 3.28. The highest BCUT2D eigenvalue weighted by atomic mass is 16.6. The van der Waals surface area contributed by atoms with Crippen LogP contribution in [0.4, 0.5) is 0 Å². The van der Waals surface area contributed by atoms with Crippen molar-refractivity contribution in [2.45, 2.75) is 13.8 Å².